The highest BCUT2D eigenvalue weighted by Gasteiger charge is 2.44. The van der Waals surface area contributed by atoms with E-state index in [1.165, 1.54) is 5.56 Å². The topological polar surface area (TPSA) is 50.4 Å². The Balaban J connectivity index is 1.51. The van der Waals surface area contributed by atoms with Gasteiger partial charge in [0.2, 0.25) is 0 Å². The number of hydrogen-bond acceptors (Lipinski definition) is 2. The zero-order valence-electron chi connectivity index (χ0n) is 14.9. The summed E-state index contributed by atoms with van der Waals surface area (Å²) in [6.45, 7) is 5.28. The Hall–Kier alpha value is -2.49. The molecule has 0 spiro atoms. The van der Waals surface area contributed by atoms with Crippen LogP contribution in [0.4, 0.5) is 4.79 Å². The molecule has 3 rings (SSSR count). The molecule has 0 radical (unpaired) electrons. The lowest BCUT2D eigenvalue weighted by Crippen LogP contribution is -2.40. The van der Waals surface area contributed by atoms with E-state index in [0.717, 1.165) is 24.2 Å². The normalized spacial score (nSPS) is 15.9. The zero-order valence-corrected chi connectivity index (χ0v) is 14.9. The van der Waals surface area contributed by atoms with Crippen LogP contribution in [0.25, 0.3) is 0 Å². The summed E-state index contributed by atoms with van der Waals surface area (Å²) in [6, 6.07) is 18.1. The Kier molecular flexibility index (Phi) is 5.27. The van der Waals surface area contributed by atoms with Gasteiger partial charge in [0.15, 0.2) is 0 Å². The van der Waals surface area contributed by atoms with Crippen LogP contribution < -0.4 is 15.4 Å². The van der Waals surface area contributed by atoms with Gasteiger partial charge in [0, 0.05) is 12.0 Å². The van der Waals surface area contributed by atoms with Crippen molar-refractivity contribution >= 4 is 6.03 Å². The van der Waals surface area contributed by atoms with Gasteiger partial charge in [-0.1, -0.05) is 42.5 Å². The maximum Gasteiger partial charge on any atom is 0.315 e. The minimum Gasteiger partial charge on any atom is -0.494 e. The molecule has 1 saturated carbocycles. The summed E-state index contributed by atoms with van der Waals surface area (Å²) < 4.78 is 5.45. The second kappa shape index (κ2) is 7.60. The molecule has 2 aromatic carbocycles. The van der Waals surface area contributed by atoms with Crippen molar-refractivity contribution in [2.45, 2.75) is 38.1 Å². The highest BCUT2D eigenvalue weighted by molar-refractivity contribution is 5.74. The van der Waals surface area contributed by atoms with E-state index >= 15 is 0 Å². The summed E-state index contributed by atoms with van der Waals surface area (Å²) in [5, 5.41) is 6.05. The smallest absolute Gasteiger partial charge is 0.315 e. The molecular formula is C21H26N2O2. The van der Waals surface area contributed by atoms with Crippen molar-refractivity contribution in [2.24, 2.45) is 0 Å². The molecule has 0 heterocycles. The van der Waals surface area contributed by atoms with Gasteiger partial charge in [-0.3, -0.25) is 0 Å². The van der Waals surface area contributed by atoms with Gasteiger partial charge in [0.05, 0.1) is 12.6 Å². The highest BCUT2D eigenvalue weighted by atomic mass is 16.5. The van der Waals surface area contributed by atoms with Crippen LogP contribution in [0, 0.1) is 0 Å². The lowest BCUT2D eigenvalue weighted by Gasteiger charge is -2.19. The van der Waals surface area contributed by atoms with Crippen molar-refractivity contribution in [3.63, 3.8) is 0 Å². The van der Waals surface area contributed by atoms with Gasteiger partial charge in [0.1, 0.15) is 5.75 Å². The standard InChI is InChI=1S/C21H26N2O2/c1-3-25-19-11-9-17(10-12-19)16(2)23-20(24)22-15-21(13-14-21)18-7-5-4-6-8-18/h4-12,16H,3,13-15H2,1-2H3,(H2,22,23,24). The van der Waals surface area contributed by atoms with Crippen LogP contribution in [0.15, 0.2) is 54.6 Å². The molecule has 0 aliphatic heterocycles. The molecule has 132 valence electrons. The quantitative estimate of drug-likeness (QED) is 0.796. The monoisotopic (exact) mass is 338 g/mol. The summed E-state index contributed by atoms with van der Waals surface area (Å²) >= 11 is 0. The first kappa shape index (κ1) is 17.3. The number of amides is 2. The third-order valence-electron chi connectivity index (χ3n) is 4.87. The minimum absolute atomic E-state index is 0.0532. The first-order valence-corrected chi connectivity index (χ1v) is 8.95. The molecule has 2 aromatic rings. The van der Waals surface area contributed by atoms with E-state index in [4.69, 9.17) is 4.74 Å². The van der Waals surface area contributed by atoms with Crippen LogP contribution in [-0.4, -0.2) is 19.2 Å². The summed E-state index contributed by atoms with van der Waals surface area (Å²) in [4.78, 5) is 12.3. The maximum atomic E-state index is 12.3. The van der Waals surface area contributed by atoms with Gasteiger partial charge in [-0.05, 0) is 49.9 Å². The van der Waals surface area contributed by atoms with Gasteiger partial charge < -0.3 is 15.4 Å². The van der Waals surface area contributed by atoms with Gasteiger partial charge >= 0.3 is 6.03 Å². The number of urea groups is 1. The van der Waals surface area contributed by atoms with Crippen molar-refractivity contribution in [2.75, 3.05) is 13.2 Å². The molecule has 0 bridgehead atoms. The van der Waals surface area contributed by atoms with Crippen molar-refractivity contribution < 1.29 is 9.53 Å². The minimum atomic E-state index is -0.122. The predicted octanol–water partition coefficient (Wildman–Crippen LogP) is 4.18. The van der Waals surface area contributed by atoms with Crippen molar-refractivity contribution in [1.82, 2.24) is 10.6 Å². The lowest BCUT2D eigenvalue weighted by molar-refractivity contribution is 0.237. The molecule has 2 N–H and O–H groups in total. The van der Waals surface area contributed by atoms with Crippen molar-refractivity contribution in [1.29, 1.82) is 0 Å². The van der Waals surface area contributed by atoms with E-state index in [2.05, 4.69) is 34.9 Å². The second-order valence-corrected chi connectivity index (χ2v) is 6.70. The molecule has 1 aliphatic carbocycles. The fourth-order valence-corrected chi connectivity index (χ4v) is 3.11. The molecule has 2 amide bonds. The molecule has 4 nitrogen and oxygen atoms in total. The third kappa shape index (κ3) is 4.32. The average Bonchev–Trinajstić information content (AvgIpc) is 3.43. The molecule has 0 aromatic heterocycles. The van der Waals surface area contributed by atoms with Crippen molar-refractivity contribution in [3.8, 4) is 5.75 Å². The lowest BCUT2D eigenvalue weighted by atomic mass is 9.96. The van der Waals surface area contributed by atoms with Crippen LogP contribution in [0.5, 0.6) is 5.75 Å². The summed E-state index contributed by atoms with van der Waals surface area (Å²) in [6.07, 6.45) is 2.26. The molecule has 0 saturated heterocycles. The Labute approximate surface area is 149 Å². The second-order valence-electron chi connectivity index (χ2n) is 6.70. The fraction of sp³-hybridized carbons (Fsp3) is 0.381. The molecule has 1 aliphatic rings. The first-order chi connectivity index (χ1) is 12.1. The van der Waals surface area contributed by atoms with E-state index in [9.17, 15) is 4.79 Å². The third-order valence-corrected chi connectivity index (χ3v) is 4.87. The first-order valence-electron chi connectivity index (χ1n) is 8.95. The average molecular weight is 338 g/mol. The molecule has 1 atom stereocenters. The number of carbonyl (C=O) groups is 1. The van der Waals surface area contributed by atoms with Crippen LogP contribution in [0.1, 0.15) is 43.9 Å². The van der Waals surface area contributed by atoms with Crippen molar-refractivity contribution in [3.05, 3.63) is 65.7 Å². The van der Waals surface area contributed by atoms with Gasteiger partial charge in [-0.25, -0.2) is 4.79 Å². The van der Waals surface area contributed by atoms with Crippen LogP contribution in [-0.2, 0) is 5.41 Å². The largest absolute Gasteiger partial charge is 0.494 e. The summed E-state index contributed by atoms with van der Waals surface area (Å²) in [5.74, 6) is 0.849. The van der Waals surface area contributed by atoms with E-state index in [1.54, 1.807) is 0 Å². The van der Waals surface area contributed by atoms with Crippen LogP contribution in [0.3, 0.4) is 0 Å². The summed E-state index contributed by atoms with van der Waals surface area (Å²) in [7, 11) is 0. The van der Waals surface area contributed by atoms with E-state index < -0.39 is 0 Å². The van der Waals surface area contributed by atoms with Crippen LogP contribution >= 0.6 is 0 Å². The zero-order chi connectivity index (χ0) is 17.7. The summed E-state index contributed by atoms with van der Waals surface area (Å²) in [5.41, 5.74) is 2.50. The Morgan fingerprint density at radius 3 is 2.40 bits per heavy atom. The Bertz CT molecular complexity index is 694. The number of ether oxygens (including phenoxy) is 1. The molecule has 25 heavy (non-hydrogen) atoms. The molecule has 1 unspecified atom stereocenters. The van der Waals surface area contributed by atoms with E-state index in [-0.39, 0.29) is 17.5 Å². The number of nitrogens with one attached hydrogen (secondary N) is 2. The number of carbonyl (C=O) groups excluding carboxylic acids is 1. The van der Waals surface area contributed by atoms with Gasteiger partial charge in [-0.15, -0.1) is 0 Å². The molecule has 4 heteroatoms. The van der Waals surface area contributed by atoms with E-state index in [0.29, 0.717) is 13.2 Å². The SMILES string of the molecule is CCOc1ccc(C(C)NC(=O)NCC2(c3ccccc3)CC2)cc1. The number of benzene rings is 2. The maximum absolute atomic E-state index is 12.3. The predicted molar refractivity (Wildman–Crippen MR) is 99.9 cm³/mol. The number of hydrogen-bond donors (Lipinski definition) is 2. The van der Waals surface area contributed by atoms with Gasteiger partial charge in [-0.2, -0.15) is 0 Å². The van der Waals surface area contributed by atoms with Crippen LogP contribution in [0.2, 0.25) is 0 Å². The Morgan fingerprint density at radius 1 is 1.12 bits per heavy atom. The molecular weight excluding hydrogens is 312 g/mol. The van der Waals surface area contributed by atoms with Gasteiger partial charge in [0.25, 0.3) is 0 Å². The number of rotatable bonds is 7. The van der Waals surface area contributed by atoms with E-state index in [1.807, 2.05) is 44.2 Å². The highest BCUT2D eigenvalue weighted by Crippen LogP contribution is 2.47. The fourth-order valence-electron chi connectivity index (χ4n) is 3.11. The molecule has 1 fully saturated rings. The Morgan fingerprint density at radius 2 is 1.80 bits per heavy atom.